The molecule has 2 nitrogen and oxygen atoms in total. The largest absolute Gasteiger partial charge is 0.481 e. The van der Waals surface area contributed by atoms with Crippen LogP contribution in [0.15, 0.2) is 18.2 Å². The molecule has 1 aromatic carbocycles. The molecule has 0 aliphatic carbocycles. The summed E-state index contributed by atoms with van der Waals surface area (Å²) in [6.07, 6.45) is 14.6. The van der Waals surface area contributed by atoms with E-state index in [0.29, 0.717) is 16.5 Å². The summed E-state index contributed by atoms with van der Waals surface area (Å²) < 4.78 is 0. The second-order valence-corrected chi connectivity index (χ2v) is 7.70. The Labute approximate surface area is 162 Å². The number of carboxylic acids is 1. The van der Waals surface area contributed by atoms with Crippen molar-refractivity contribution in [3.8, 4) is 0 Å². The first kappa shape index (κ1) is 22.3. The maximum atomic E-state index is 11.5. The number of aliphatic carboxylic acids is 1. The van der Waals surface area contributed by atoms with Crippen LogP contribution in [0, 0.1) is 0 Å². The molecule has 0 amide bonds. The number of rotatable bonds is 14. The van der Waals surface area contributed by atoms with E-state index in [9.17, 15) is 9.90 Å². The Hall–Kier alpha value is -0.730. The van der Waals surface area contributed by atoms with Crippen molar-refractivity contribution in [2.45, 2.75) is 89.9 Å². The van der Waals surface area contributed by atoms with Crippen LogP contribution in [0.1, 0.15) is 95.5 Å². The Morgan fingerprint density at radius 2 is 1.40 bits per heavy atom. The zero-order valence-electron chi connectivity index (χ0n) is 15.4. The summed E-state index contributed by atoms with van der Waals surface area (Å²) in [7, 11) is 0. The van der Waals surface area contributed by atoms with Crippen LogP contribution in [0.25, 0.3) is 0 Å². The van der Waals surface area contributed by atoms with Crippen LogP contribution in [0.3, 0.4) is 0 Å². The quantitative estimate of drug-likeness (QED) is 0.330. The van der Waals surface area contributed by atoms with Gasteiger partial charge in [-0.2, -0.15) is 0 Å². The second-order valence-electron chi connectivity index (χ2n) is 6.89. The molecule has 1 unspecified atom stereocenters. The SMILES string of the molecule is CCCCCCCCCCCCCC(C(=O)O)c1ccc(Cl)c(Cl)c1. The van der Waals surface area contributed by atoms with E-state index in [2.05, 4.69) is 6.92 Å². The Balaban J connectivity index is 2.17. The number of carboxylic acid groups (broad SMARTS) is 1. The molecule has 1 rings (SSSR count). The predicted octanol–water partition coefficient (Wildman–Crippen LogP) is 7.86. The molecule has 0 radical (unpaired) electrons. The first-order valence-electron chi connectivity index (χ1n) is 9.74. The highest BCUT2D eigenvalue weighted by Crippen LogP contribution is 2.29. The van der Waals surface area contributed by atoms with Crippen LogP contribution >= 0.6 is 23.2 Å². The number of hydrogen-bond acceptors (Lipinski definition) is 1. The van der Waals surface area contributed by atoms with E-state index < -0.39 is 11.9 Å². The summed E-state index contributed by atoms with van der Waals surface area (Å²) in [5, 5.41) is 10.4. The molecule has 0 bridgehead atoms. The van der Waals surface area contributed by atoms with Crippen molar-refractivity contribution >= 4 is 29.2 Å². The van der Waals surface area contributed by atoms with Gasteiger partial charge in [0, 0.05) is 0 Å². The molecule has 0 aliphatic heterocycles. The normalized spacial score (nSPS) is 12.3. The molecular weight excluding hydrogens is 355 g/mol. The molecule has 0 aromatic heterocycles. The van der Waals surface area contributed by atoms with Gasteiger partial charge in [-0.25, -0.2) is 0 Å². The van der Waals surface area contributed by atoms with Crippen LogP contribution in [-0.4, -0.2) is 11.1 Å². The Morgan fingerprint density at radius 3 is 1.88 bits per heavy atom. The van der Waals surface area contributed by atoms with Crippen LogP contribution in [0.2, 0.25) is 10.0 Å². The third-order valence-electron chi connectivity index (χ3n) is 4.74. The summed E-state index contributed by atoms with van der Waals surface area (Å²) in [5.74, 6) is -1.28. The van der Waals surface area contributed by atoms with Crippen molar-refractivity contribution < 1.29 is 9.90 Å². The first-order valence-corrected chi connectivity index (χ1v) is 10.5. The standard InChI is InChI=1S/C21H32Cl2O2/c1-2-3-4-5-6-7-8-9-10-11-12-13-18(21(24)25)17-14-15-19(22)20(23)16-17/h14-16,18H,2-13H2,1H3,(H,24,25). The van der Waals surface area contributed by atoms with Crippen molar-refractivity contribution in [2.24, 2.45) is 0 Å². The van der Waals surface area contributed by atoms with Crippen LogP contribution in [0.5, 0.6) is 0 Å². The van der Waals surface area contributed by atoms with Gasteiger partial charge in [-0.05, 0) is 24.1 Å². The predicted molar refractivity (Wildman–Crippen MR) is 108 cm³/mol. The molecule has 0 aliphatic rings. The number of unbranched alkanes of at least 4 members (excludes halogenated alkanes) is 10. The minimum Gasteiger partial charge on any atom is -0.481 e. The monoisotopic (exact) mass is 386 g/mol. The summed E-state index contributed by atoms with van der Waals surface area (Å²) >= 11 is 11.9. The van der Waals surface area contributed by atoms with Gasteiger partial charge in [0.2, 0.25) is 0 Å². The van der Waals surface area contributed by atoms with E-state index >= 15 is 0 Å². The molecular formula is C21H32Cl2O2. The number of benzene rings is 1. The maximum Gasteiger partial charge on any atom is 0.310 e. The Kier molecular flexibility index (Phi) is 12.0. The van der Waals surface area contributed by atoms with Gasteiger partial charge in [-0.1, -0.05) is 107 Å². The zero-order chi connectivity index (χ0) is 18.5. The van der Waals surface area contributed by atoms with Gasteiger partial charge in [-0.15, -0.1) is 0 Å². The van der Waals surface area contributed by atoms with Crippen molar-refractivity contribution in [2.75, 3.05) is 0 Å². The van der Waals surface area contributed by atoms with Crippen LogP contribution in [-0.2, 0) is 4.79 Å². The molecule has 0 saturated heterocycles. The molecule has 142 valence electrons. The maximum absolute atomic E-state index is 11.5. The van der Waals surface area contributed by atoms with Gasteiger partial charge in [0.15, 0.2) is 0 Å². The highest BCUT2D eigenvalue weighted by Gasteiger charge is 2.20. The van der Waals surface area contributed by atoms with E-state index in [1.54, 1.807) is 18.2 Å². The molecule has 0 heterocycles. The average Bonchev–Trinajstić information content (AvgIpc) is 2.58. The molecule has 0 spiro atoms. The number of hydrogen-bond donors (Lipinski definition) is 1. The van der Waals surface area contributed by atoms with Gasteiger partial charge in [-0.3, -0.25) is 4.79 Å². The highest BCUT2D eigenvalue weighted by molar-refractivity contribution is 6.42. The van der Waals surface area contributed by atoms with Crippen LogP contribution < -0.4 is 0 Å². The fourth-order valence-electron chi connectivity index (χ4n) is 3.17. The highest BCUT2D eigenvalue weighted by atomic mass is 35.5. The van der Waals surface area contributed by atoms with Crippen molar-refractivity contribution in [3.63, 3.8) is 0 Å². The minimum atomic E-state index is -0.787. The lowest BCUT2D eigenvalue weighted by Gasteiger charge is -2.13. The van der Waals surface area contributed by atoms with E-state index in [1.165, 1.54) is 57.8 Å². The molecule has 0 saturated carbocycles. The lowest BCUT2D eigenvalue weighted by Crippen LogP contribution is -2.11. The zero-order valence-corrected chi connectivity index (χ0v) is 16.9. The third kappa shape index (κ3) is 9.51. The van der Waals surface area contributed by atoms with Crippen molar-refractivity contribution in [1.82, 2.24) is 0 Å². The lowest BCUT2D eigenvalue weighted by molar-refractivity contribution is -0.139. The van der Waals surface area contributed by atoms with Gasteiger partial charge in [0.1, 0.15) is 0 Å². The summed E-state index contributed by atoms with van der Waals surface area (Å²) in [6.45, 7) is 2.25. The average molecular weight is 387 g/mol. The smallest absolute Gasteiger partial charge is 0.310 e. The van der Waals surface area contributed by atoms with Crippen LogP contribution in [0.4, 0.5) is 0 Å². The molecule has 1 atom stereocenters. The topological polar surface area (TPSA) is 37.3 Å². The molecule has 0 fully saturated rings. The third-order valence-corrected chi connectivity index (χ3v) is 5.48. The van der Waals surface area contributed by atoms with E-state index in [-0.39, 0.29) is 0 Å². The minimum absolute atomic E-state index is 0.421. The molecule has 1 aromatic rings. The number of halogens is 2. The number of carbonyl (C=O) groups is 1. The van der Waals surface area contributed by atoms with Gasteiger partial charge < -0.3 is 5.11 Å². The van der Waals surface area contributed by atoms with E-state index in [1.807, 2.05) is 0 Å². The van der Waals surface area contributed by atoms with Gasteiger partial charge in [0.05, 0.1) is 16.0 Å². The van der Waals surface area contributed by atoms with Gasteiger partial charge >= 0.3 is 5.97 Å². The Morgan fingerprint density at radius 1 is 0.880 bits per heavy atom. The lowest BCUT2D eigenvalue weighted by atomic mass is 9.93. The van der Waals surface area contributed by atoms with Gasteiger partial charge in [0.25, 0.3) is 0 Å². The molecule has 25 heavy (non-hydrogen) atoms. The second kappa shape index (κ2) is 13.5. The first-order chi connectivity index (χ1) is 12.1. The fraction of sp³-hybridized carbons (Fsp3) is 0.667. The fourth-order valence-corrected chi connectivity index (χ4v) is 3.48. The summed E-state index contributed by atoms with van der Waals surface area (Å²) in [6, 6.07) is 5.13. The van der Waals surface area contributed by atoms with E-state index in [4.69, 9.17) is 23.2 Å². The molecule has 4 heteroatoms. The summed E-state index contributed by atoms with van der Waals surface area (Å²) in [4.78, 5) is 11.5. The van der Waals surface area contributed by atoms with Crippen molar-refractivity contribution in [3.05, 3.63) is 33.8 Å². The Bertz CT molecular complexity index is 503. The molecule has 1 N–H and O–H groups in total. The van der Waals surface area contributed by atoms with Crippen molar-refractivity contribution in [1.29, 1.82) is 0 Å². The van der Waals surface area contributed by atoms with E-state index in [0.717, 1.165) is 18.4 Å². The summed E-state index contributed by atoms with van der Waals surface area (Å²) in [5.41, 5.74) is 0.744.